The Morgan fingerprint density at radius 2 is 1.46 bits per heavy atom. The Hall–Kier alpha value is -2.01. The monoisotopic (exact) mass is 428 g/mol. The molecule has 0 unspecified atom stereocenters. The zero-order valence-electron chi connectivity index (χ0n) is 15.3. The fraction of sp³-hybridized carbons (Fsp3) is 0.333. The SMILES string of the molecule is CCN(c1ccc(F)cc1)S(=O)(=O)c1ccc(S(=O)(=O)N2CCOCC2)cc1. The summed E-state index contributed by atoms with van der Waals surface area (Å²) in [6.45, 7) is 2.98. The lowest BCUT2D eigenvalue weighted by molar-refractivity contribution is 0.0730. The highest BCUT2D eigenvalue weighted by molar-refractivity contribution is 7.92. The van der Waals surface area contributed by atoms with E-state index in [-0.39, 0.29) is 29.4 Å². The molecule has 3 rings (SSSR count). The molecule has 1 saturated heterocycles. The predicted molar refractivity (Wildman–Crippen MR) is 103 cm³/mol. The Balaban J connectivity index is 1.89. The second-order valence-corrected chi connectivity index (χ2v) is 9.93. The third-order valence-electron chi connectivity index (χ3n) is 4.42. The van der Waals surface area contributed by atoms with Crippen molar-refractivity contribution >= 4 is 25.7 Å². The summed E-state index contributed by atoms with van der Waals surface area (Å²) >= 11 is 0. The van der Waals surface area contributed by atoms with Crippen LogP contribution >= 0.6 is 0 Å². The van der Waals surface area contributed by atoms with Crippen molar-refractivity contribution in [3.8, 4) is 0 Å². The van der Waals surface area contributed by atoms with Gasteiger partial charge in [-0.2, -0.15) is 4.31 Å². The normalized spacial score (nSPS) is 16.1. The minimum atomic E-state index is -3.92. The van der Waals surface area contributed by atoms with Crippen LogP contribution in [0.4, 0.5) is 10.1 Å². The molecule has 0 aliphatic carbocycles. The smallest absolute Gasteiger partial charge is 0.264 e. The molecular formula is C18H21FN2O5S2. The number of benzene rings is 2. The van der Waals surface area contributed by atoms with E-state index in [0.29, 0.717) is 18.9 Å². The Morgan fingerprint density at radius 1 is 0.929 bits per heavy atom. The van der Waals surface area contributed by atoms with Gasteiger partial charge in [-0.05, 0) is 55.5 Å². The van der Waals surface area contributed by atoms with Gasteiger partial charge in [0.05, 0.1) is 28.7 Å². The summed E-state index contributed by atoms with van der Waals surface area (Å²) in [5.41, 5.74) is 0.328. The van der Waals surface area contributed by atoms with Gasteiger partial charge < -0.3 is 4.74 Å². The van der Waals surface area contributed by atoms with E-state index in [0.717, 1.165) is 4.31 Å². The minimum Gasteiger partial charge on any atom is -0.379 e. The van der Waals surface area contributed by atoms with Crippen molar-refractivity contribution in [2.75, 3.05) is 37.2 Å². The molecule has 0 N–H and O–H groups in total. The molecule has 1 aliphatic heterocycles. The van der Waals surface area contributed by atoms with Crippen molar-refractivity contribution in [1.82, 2.24) is 4.31 Å². The number of nitrogens with zero attached hydrogens (tertiary/aromatic N) is 2. The Labute approximate surface area is 164 Å². The number of ether oxygens (including phenoxy) is 1. The Bertz CT molecular complexity index is 1020. The number of halogens is 1. The van der Waals surface area contributed by atoms with Gasteiger partial charge in [0.1, 0.15) is 5.82 Å². The zero-order valence-corrected chi connectivity index (χ0v) is 16.9. The van der Waals surface area contributed by atoms with Gasteiger partial charge in [0.25, 0.3) is 10.0 Å². The first-order valence-electron chi connectivity index (χ1n) is 8.73. The van der Waals surface area contributed by atoms with Crippen LogP contribution in [-0.2, 0) is 24.8 Å². The van der Waals surface area contributed by atoms with Crippen molar-refractivity contribution < 1.29 is 26.0 Å². The van der Waals surface area contributed by atoms with Crippen LogP contribution in [0, 0.1) is 5.82 Å². The largest absolute Gasteiger partial charge is 0.379 e. The van der Waals surface area contributed by atoms with Crippen LogP contribution in [0.2, 0.25) is 0 Å². The quantitative estimate of drug-likeness (QED) is 0.703. The summed E-state index contributed by atoms with van der Waals surface area (Å²) in [6.07, 6.45) is 0. The first-order valence-corrected chi connectivity index (χ1v) is 11.6. The van der Waals surface area contributed by atoms with E-state index in [9.17, 15) is 21.2 Å². The molecule has 2 aromatic rings. The Morgan fingerprint density at radius 3 is 2.00 bits per heavy atom. The van der Waals surface area contributed by atoms with Gasteiger partial charge in [-0.3, -0.25) is 4.31 Å². The molecule has 7 nitrogen and oxygen atoms in total. The molecule has 0 radical (unpaired) electrons. The molecule has 1 aliphatic rings. The van der Waals surface area contributed by atoms with E-state index < -0.39 is 25.9 Å². The van der Waals surface area contributed by atoms with Crippen molar-refractivity contribution in [3.05, 3.63) is 54.3 Å². The summed E-state index contributed by atoms with van der Waals surface area (Å²) in [5, 5.41) is 0. The molecule has 0 amide bonds. The molecule has 28 heavy (non-hydrogen) atoms. The van der Waals surface area contributed by atoms with Crippen LogP contribution in [0.15, 0.2) is 58.3 Å². The van der Waals surface area contributed by atoms with Gasteiger partial charge in [0, 0.05) is 19.6 Å². The summed E-state index contributed by atoms with van der Waals surface area (Å²) < 4.78 is 72.0. The van der Waals surface area contributed by atoms with Crippen molar-refractivity contribution in [1.29, 1.82) is 0 Å². The second-order valence-electron chi connectivity index (χ2n) is 6.13. The van der Waals surface area contributed by atoms with Crippen LogP contribution in [-0.4, -0.2) is 54.0 Å². The number of anilines is 1. The van der Waals surface area contributed by atoms with E-state index in [1.165, 1.54) is 52.8 Å². The lowest BCUT2D eigenvalue weighted by Gasteiger charge is -2.26. The molecule has 1 fully saturated rings. The molecule has 0 bridgehead atoms. The lowest BCUT2D eigenvalue weighted by Crippen LogP contribution is -2.40. The summed E-state index contributed by atoms with van der Waals surface area (Å²) in [6, 6.07) is 10.3. The van der Waals surface area contributed by atoms with Gasteiger partial charge in [-0.25, -0.2) is 21.2 Å². The van der Waals surface area contributed by atoms with Gasteiger partial charge in [-0.1, -0.05) is 0 Å². The molecule has 0 aromatic heterocycles. The molecular weight excluding hydrogens is 407 g/mol. The molecule has 2 aromatic carbocycles. The van der Waals surface area contributed by atoms with Crippen LogP contribution in [0.1, 0.15) is 6.92 Å². The average molecular weight is 429 g/mol. The third kappa shape index (κ3) is 4.04. The second kappa shape index (κ2) is 8.16. The maximum Gasteiger partial charge on any atom is 0.264 e. The van der Waals surface area contributed by atoms with Gasteiger partial charge in [0.15, 0.2) is 0 Å². The van der Waals surface area contributed by atoms with E-state index >= 15 is 0 Å². The number of sulfonamides is 2. The summed E-state index contributed by atoms with van der Waals surface area (Å²) in [7, 11) is -7.63. The fourth-order valence-electron chi connectivity index (χ4n) is 2.95. The maximum absolute atomic E-state index is 13.1. The molecule has 1 heterocycles. The van der Waals surface area contributed by atoms with Crippen LogP contribution in [0.5, 0.6) is 0 Å². The zero-order chi connectivity index (χ0) is 20.4. The van der Waals surface area contributed by atoms with Crippen molar-refractivity contribution in [3.63, 3.8) is 0 Å². The van der Waals surface area contributed by atoms with E-state index in [2.05, 4.69) is 0 Å². The van der Waals surface area contributed by atoms with Gasteiger partial charge in [-0.15, -0.1) is 0 Å². The van der Waals surface area contributed by atoms with E-state index in [4.69, 9.17) is 4.74 Å². The van der Waals surface area contributed by atoms with Crippen LogP contribution < -0.4 is 4.31 Å². The van der Waals surface area contributed by atoms with Crippen molar-refractivity contribution in [2.24, 2.45) is 0 Å². The standard InChI is InChI=1S/C18H21FN2O5S2/c1-2-21(16-5-3-15(19)4-6-16)28(24,25)18-9-7-17(8-10-18)27(22,23)20-11-13-26-14-12-20/h3-10H,2,11-14H2,1H3. The predicted octanol–water partition coefficient (Wildman–Crippen LogP) is 2.06. The highest BCUT2D eigenvalue weighted by Crippen LogP contribution is 2.25. The topological polar surface area (TPSA) is 84.0 Å². The summed E-state index contributed by atoms with van der Waals surface area (Å²) in [4.78, 5) is -0.0159. The highest BCUT2D eigenvalue weighted by Gasteiger charge is 2.28. The molecule has 152 valence electrons. The number of hydrogen-bond donors (Lipinski definition) is 0. The van der Waals surface area contributed by atoms with Crippen molar-refractivity contribution in [2.45, 2.75) is 16.7 Å². The third-order valence-corrected chi connectivity index (χ3v) is 8.25. The van der Waals surface area contributed by atoms with E-state index in [1.54, 1.807) is 6.92 Å². The first-order chi connectivity index (χ1) is 13.3. The average Bonchev–Trinajstić information content (AvgIpc) is 2.70. The number of rotatable bonds is 6. The molecule has 10 heteroatoms. The summed E-state index contributed by atoms with van der Waals surface area (Å²) in [5.74, 6) is -0.463. The van der Waals surface area contributed by atoms with E-state index in [1.807, 2.05) is 0 Å². The lowest BCUT2D eigenvalue weighted by atomic mass is 10.3. The number of hydrogen-bond acceptors (Lipinski definition) is 5. The molecule has 0 saturated carbocycles. The fourth-order valence-corrected chi connectivity index (χ4v) is 5.83. The number of morpholine rings is 1. The highest BCUT2D eigenvalue weighted by atomic mass is 32.2. The van der Waals surface area contributed by atoms with Gasteiger partial charge >= 0.3 is 0 Å². The Kier molecular flexibility index (Phi) is 6.04. The first kappa shape index (κ1) is 20.7. The molecule has 0 spiro atoms. The van der Waals surface area contributed by atoms with Gasteiger partial charge in [0.2, 0.25) is 10.0 Å². The minimum absolute atomic E-state index is 0.0261. The molecule has 0 atom stereocenters. The maximum atomic E-state index is 13.1. The van der Waals surface area contributed by atoms with Crippen LogP contribution in [0.3, 0.4) is 0 Å². The van der Waals surface area contributed by atoms with Crippen LogP contribution in [0.25, 0.3) is 0 Å².